The molecular formula is C19H21ClN4O3S. The predicted octanol–water partition coefficient (Wildman–Crippen LogP) is 2.11. The number of benzene rings is 1. The van der Waals surface area contributed by atoms with Crippen molar-refractivity contribution in [3.8, 4) is 5.75 Å². The molecule has 4 heterocycles. The molecule has 0 unspecified atom stereocenters. The molecule has 0 aliphatic carbocycles. The average Bonchev–Trinajstić information content (AvgIpc) is 3.31. The van der Waals surface area contributed by atoms with Gasteiger partial charge in [0.15, 0.2) is 17.5 Å². The molecule has 5 rings (SSSR count). The number of amidine groups is 1. The third-order valence-corrected chi connectivity index (χ3v) is 6.47. The summed E-state index contributed by atoms with van der Waals surface area (Å²) in [6, 6.07) is 3.75. The third-order valence-electron chi connectivity index (χ3n) is 5.35. The summed E-state index contributed by atoms with van der Waals surface area (Å²) in [6.07, 6.45) is 0. The van der Waals surface area contributed by atoms with Gasteiger partial charge in [0.05, 0.1) is 31.1 Å². The second-order valence-corrected chi connectivity index (χ2v) is 8.30. The first-order valence-electron chi connectivity index (χ1n) is 9.47. The molecule has 0 atom stereocenters. The number of fused-ring (bicyclic) bond motifs is 2. The molecule has 1 amide bonds. The molecule has 1 saturated heterocycles. The quantitative estimate of drug-likeness (QED) is 0.743. The number of hydrogen-bond donors (Lipinski definition) is 0. The number of aliphatic imine (C=N–C) groups is 1. The summed E-state index contributed by atoms with van der Waals surface area (Å²) in [7, 11) is 0. The first kappa shape index (κ1) is 18.3. The Morgan fingerprint density at radius 1 is 1.18 bits per heavy atom. The van der Waals surface area contributed by atoms with Crippen molar-refractivity contribution in [2.75, 3.05) is 64.0 Å². The fourth-order valence-corrected chi connectivity index (χ4v) is 5.08. The number of nitrogens with zero attached hydrogens (tertiary/aromatic N) is 4. The summed E-state index contributed by atoms with van der Waals surface area (Å²) >= 11 is 8.08. The van der Waals surface area contributed by atoms with Gasteiger partial charge < -0.3 is 19.3 Å². The smallest absolute Gasteiger partial charge is 0.265 e. The Balaban J connectivity index is 1.45. The molecule has 0 N–H and O–H groups in total. The summed E-state index contributed by atoms with van der Waals surface area (Å²) in [6.45, 7) is 6.40. The number of morpholine rings is 1. The third kappa shape index (κ3) is 3.28. The minimum atomic E-state index is -0.0350. The summed E-state index contributed by atoms with van der Waals surface area (Å²) in [5.41, 5.74) is 2.72. The van der Waals surface area contributed by atoms with Crippen LogP contribution in [0.15, 0.2) is 22.5 Å². The van der Waals surface area contributed by atoms with E-state index in [0.29, 0.717) is 11.6 Å². The Kier molecular flexibility index (Phi) is 4.96. The molecule has 1 aromatic rings. The maximum Gasteiger partial charge on any atom is 0.265 e. The Labute approximate surface area is 172 Å². The molecule has 148 valence electrons. The lowest BCUT2D eigenvalue weighted by atomic mass is 10.1. The molecule has 0 bridgehead atoms. The highest BCUT2D eigenvalue weighted by atomic mass is 35.5. The first-order chi connectivity index (χ1) is 13.7. The topological polar surface area (TPSA) is 57.6 Å². The zero-order chi connectivity index (χ0) is 19.1. The zero-order valence-electron chi connectivity index (χ0n) is 15.4. The van der Waals surface area contributed by atoms with Crippen molar-refractivity contribution in [1.82, 2.24) is 9.80 Å². The molecule has 0 radical (unpaired) electrons. The van der Waals surface area contributed by atoms with Gasteiger partial charge in [0, 0.05) is 48.7 Å². The van der Waals surface area contributed by atoms with Gasteiger partial charge in [0.1, 0.15) is 0 Å². The number of carbonyl (C=O) groups excluding carboxylic acids is 1. The van der Waals surface area contributed by atoms with Gasteiger partial charge in [0.2, 0.25) is 0 Å². The first-order valence-corrected chi connectivity index (χ1v) is 10.7. The molecule has 0 spiro atoms. The minimum Gasteiger partial charge on any atom is -0.481 e. The summed E-state index contributed by atoms with van der Waals surface area (Å²) < 4.78 is 11.3. The van der Waals surface area contributed by atoms with E-state index in [1.807, 2.05) is 17.0 Å². The van der Waals surface area contributed by atoms with Crippen LogP contribution >= 0.6 is 23.4 Å². The number of amides is 1. The molecule has 4 aliphatic heterocycles. The standard InChI is InChI=1S/C19H21ClN4O3S/c20-13-9-14(16-12-28-19-21-1-2-24(16)19)18-15(10-13)23(17(25)11-27-18)4-3-22-5-7-26-8-6-22/h9-10,12H,1-8,11H2. The van der Waals surface area contributed by atoms with Gasteiger partial charge in [-0.15, -0.1) is 0 Å². The van der Waals surface area contributed by atoms with Crippen molar-refractivity contribution >= 4 is 45.8 Å². The van der Waals surface area contributed by atoms with Gasteiger partial charge in [-0.1, -0.05) is 23.4 Å². The fraction of sp³-hybridized carbons (Fsp3) is 0.474. The Morgan fingerprint density at radius 2 is 2.04 bits per heavy atom. The largest absolute Gasteiger partial charge is 0.481 e. The zero-order valence-corrected chi connectivity index (χ0v) is 17.0. The second-order valence-electron chi connectivity index (χ2n) is 7.03. The molecular weight excluding hydrogens is 400 g/mol. The highest BCUT2D eigenvalue weighted by molar-refractivity contribution is 8.16. The van der Waals surface area contributed by atoms with Crippen LogP contribution in [0.4, 0.5) is 5.69 Å². The van der Waals surface area contributed by atoms with Gasteiger partial charge in [-0.2, -0.15) is 0 Å². The van der Waals surface area contributed by atoms with Crippen LogP contribution in [0.3, 0.4) is 0 Å². The maximum atomic E-state index is 12.6. The van der Waals surface area contributed by atoms with Crippen LogP contribution in [0.1, 0.15) is 5.56 Å². The second kappa shape index (κ2) is 7.59. The van der Waals surface area contributed by atoms with Crippen molar-refractivity contribution in [2.45, 2.75) is 0 Å². The van der Waals surface area contributed by atoms with E-state index in [-0.39, 0.29) is 12.5 Å². The molecule has 0 aromatic heterocycles. The van der Waals surface area contributed by atoms with Gasteiger partial charge in [-0.3, -0.25) is 14.7 Å². The molecule has 28 heavy (non-hydrogen) atoms. The van der Waals surface area contributed by atoms with Crippen LogP contribution in [0.25, 0.3) is 5.70 Å². The van der Waals surface area contributed by atoms with Crippen molar-refractivity contribution in [1.29, 1.82) is 0 Å². The van der Waals surface area contributed by atoms with E-state index in [1.54, 1.807) is 11.8 Å². The minimum absolute atomic E-state index is 0.0350. The van der Waals surface area contributed by atoms with Crippen molar-refractivity contribution in [3.05, 3.63) is 28.1 Å². The van der Waals surface area contributed by atoms with Crippen molar-refractivity contribution < 1.29 is 14.3 Å². The lowest BCUT2D eigenvalue weighted by molar-refractivity contribution is -0.121. The molecule has 1 aromatic carbocycles. The Morgan fingerprint density at radius 3 is 2.89 bits per heavy atom. The van der Waals surface area contributed by atoms with Crippen LogP contribution in [0.5, 0.6) is 5.75 Å². The van der Waals surface area contributed by atoms with E-state index in [2.05, 4.69) is 20.2 Å². The number of thioether (sulfide) groups is 1. The van der Waals surface area contributed by atoms with E-state index in [9.17, 15) is 4.79 Å². The number of hydrogen-bond acceptors (Lipinski definition) is 7. The van der Waals surface area contributed by atoms with Gasteiger partial charge in [-0.05, 0) is 12.1 Å². The Bertz CT molecular complexity index is 869. The van der Waals surface area contributed by atoms with Crippen LogP contribution in [0.2, 0.25) is 5.02 Å². The van der Waals surface area contributed by atoms with Crippen LogP contribution in [0, 0.1) is 0 Å². The van der Waals surface area contributed by atoms with Crippen molar-refractivity contribution in [3.63, 3.8) is 0 Å². The monoisotopic (exact) mass is 420 g/mol. The molecule has 4 aliphatic rings. The SMILES string of the molecule is O=C1COc2c(C3=CSC4=NCCN34)cc(Cl)cc2N1CCN1CCOCC1. The van der Waals surface area contributed by atoms with Gasteiger partial charge in [0.25, 0.3) is 5.91 Å². The lowest BCUT2D eigenvalue weighted by Crippen LogP contribution is -2.46. The summed E-state index contributed by atoms with van der Waals surface area (Å²) in [5, 5.41) is 3.70. The van der Waals surface area contributed by atoms with Gasteiger partial charge in [-0.25, -0.2) is 0 Å². The maximum absolute atomic E-state index is 12.6. The molecule has 0 saturated carbocycles. The lowest BCUT2D eigenvalue weighted by Gasteiger charge is -2.34. The number of anilines is 1. The number of halogens is 1. The average molecular weight is 421 g/mol. The van der Waals surface area contributed by atoms with Gasteiger partial charge >= 0.3 is 0 Å². The van der Waals surface area contributed by atoms with Crippen LogP contribution in [-0.2, 0) is 9.53 Å². The number of ether oxygens (including phenoxy) is 2. The highest BCUT2D eigenvalue weighted by Crippen LogP contribution is 2.45. The Hall–Kier alpha value is -1.74. The summed E-state index contributed by atoms with van der Waals surface area (Å²) in [5.74, 6) is 0.693. The van der Waals surface area contributed by atoms with E-state index < -0.39 is 0 Å². The number of carbonyl (C=O) groups is 1. The highest BCUT2D eigenvalue weighted by Gasteiger charge is 2.34. The molecule has 7 nitrogen and oxygen atoms in total. The molecule has 9 heteroatoms. The predicted molar refractivity (Wildman–Crippen MR) is 111 cm³/mol. The van der Waals surface area contributed by atoms with E-state index in [4.69, 9.17) is 21.1 Å². The van der Waals surface area contributed by atoms with E-state index in [0.717, 1.165) is 73.8 Å². The van der Waals surface area contributed by atoms with Crippen molar-refractivity contribution in [2.24, 2.45) is 4.99 Å². The van der Waals surface area contributed by atoms with E-state index in [1.165, 1.54) is 0 Å². The van der Waals surface area contributed by atoms with Crippen LogP contribution in [-0.4, -0.2) is 80.0 Å². The normalized spacial score (nSPS) is 22.0. The molecule has 1 fully saturated rings. The van der Waals surface area contributed by atoms with E-state index >= 15 is 0 Å². The summed E-state index contributed by atoms with van der Waals surface area (Å²) in [4.78, 5) is 23.5. The fourth-order valence-electron chi connectivity index (χ4n) is 3.91. The number of rotatable bonds is 4. The van der Waals surface area contributed by atoms with Crippen LogP contribution < -0.4 is 9.64 Å².